The Morgan fingerprint density at radius 3 is 1.65 bits per heavy atom. The Kier molecular flexibility index (Phi) is 5.65. The van der Waals surface area contributed by atoms with Crippen molar-refractivity contribution in [1.29, 1.82) is 0 Å². The summed E-state index contributed by atoms with van der Waals surface area (Å²) in [7, 11) is 0. The number of nitrogens with two attached hydrogens (primary N) is 1. The highest BCUT2D eigenvalue weighted by Crippen LogP contribution is 2.44. The zero-order chi connectivity index (χ0) is 18.9. The third kappa shape index (κ3) is 4.02. The number of rotatable bonds is 8. The molecule has 1 atom stereocenters. The van der Waals surface area contributed by atoms with E-state index in [1.165, 1.54) is 0 Å². The highest BCUT2D eigenvalue weighted by molar-refractivity contribution is 5.82. The van der Waals surface area contributed by atoms with Gasteiger partial charge in [0.15, 0.2) is 0 Å². The van der Waals surface area contributed by atoms with Crippen molar-refractivity contribution in [3.8, 4) is 0 Å². The number of alkyl halides is 7. The number of carbonyl (C=O) groups excluding carboxylic acids is 2. The van der Waals surface area contributed by atoms with Gasteiger partial charge in [0.2, 0.25) is 0 Å². The van der Waals surface area contributed by atoms with Gasteiger partial charge in [0.25, 0.3) is 12.2 Å². The third-order valence-corrected chi connectivity index (χ3v) is 1.82. The van der Waals surface area contributed by atoms with Crippen molar-refractivity contribution in [3.63, 3.8) is 0 Å². The lowest BCUT2D eigenvalue weighted by Gasteiger charge is -2.33. The average molecular weight is 366 g/mol. The maximum atomic E-state index is 13.5. The Bertz CT molecular complexity index is 517. The van der Waals surface area contributed by atoms with Crippen LogP contribution in [0.25, 0.3) is 0 Å². The second-order valence-electron chi connectivity index (χ2n) is 3.41. The lowest BCUT2D eigenvalue weighted by molar-refractivity contribution is -0.441. The van der Waals surface area contributed by atoms with Crippen LogP contribution in [0.1, 0.15) is 0 Å². The summed E-state index contributed by atoms with van der Waals surface area (Å²) in [5.41, 5.74) is 3.90. The molecule has 2 N–H and O–H groups in total. The molecule has 0 aromatic rings. The van der Waals surface area contributed by atoms with E-state index in [9.17, 15) is 53.5 Å². The summed E-state index contributed by atoms with van der Waals surface area (Å²) in [4.78, 5) is 20.1. The van der Waals surface area contributed by atoms with Crippen molar-refractivity contribution in [2.45, 2.75) is 24.0 Å². The van der Waals surface area contributed by atoms with E-state index in [2.05, 4.69) is 15.2 Å². The SMILES string of the molecule is NC(=O)C(F)(OC(F)(F)C(F)(F)[C]=O)C(F)(F)OC(F)=C(F)F. The van der Waals surface area contributed by atoms with Crippen LogP contribution in [-0.2, 0) is 19.1 Å². The predicted octanol–water partition coefficient (Wildman–Crippen LogP) is 2.14. The second-order valence-corrected chi connectivity index (χ2v) is 3.41. The van der Waals surface area contributed by atoms with Gasteiger partial charge in [-0.2, -0.15) is 43.9 Å². The fraction of sp³-hybridized carbons (Fsp3) is 0.500. The molecule has 0 aromatic carbocycles. The van der Waals surface area contributed by atoms with Crippen molar-refractivity contribution in [2.75, 3.05) is 0 Å². The Morgan fingerprint density at radius 1 is 0.913 bits per heavy atom. The fourth-order valence-electron chi connectivity index (χ4n) is 0.770. The third-order valence-electron chi connectivity index (χ3n) is 1.82. The van der Waals surface area contributed by atoms with E-state index >= 15 is 0 Å². The van der Waals surface area contributed by atoms with Gasteiger partial charge in [-0.25, -0.2) is 0 Å². The molecule has 133 valence electrons. The van der Waals surface area contributed by atoms with Gasteiger partial charge in [-0.3, -0.25) is 14.3 Å². The van der Waals surface area contributed by atoms with Crippen LogP contribution in [0, 0.1) is 0 Å². The molecule has 0 spiro atoms. The average Bonchev–Trinajstić information content (AvgIpc) is 2.36. The summed E-state index contributed by atoms with van der Waals surface area (Å²) in [6.07, 6.45) is -17.2. The molecule has 0 aliphatic heterocycles. The largest absolute Gasteiger partial charge is 0.471 e. The summed E-state index contributed by atoms with van der Waals surface area (Å²) < 4.78 is 130. The topological polar surface area (TPSA) is 78.6 Å². The Balaban J connectivity index is 5.90. The molecule has 15 heteroatoms. The zero-order valence-electron chi connectivity index (χ0n) is 9.99. The number of halogens is 10. The molecule has 0 rings (SSSR count). The van der Waals surface area contributed by atoms with Gasteiger partial charge >= 0.3 is 36.1 Å². The number of hydrogen-bond donors (Lipinski definition) is 1. The van der Waals surface area contributed by atoms with Gasteiger partial charge in [0, 0.05) is 0 Å². The Morgan fingerprint density at radius 2 is 1.35 bits per heavy atom. The quantitative estimate of drug-likeness (QED) is 0.528. The van der Waals surface area contributed by atoms with Gasteiger partial charge in [0.05, 0.1) is 0 Å². The van der Waals surface area contributed by atoms with Crippen LogP contribution in [0.2, 0.25) is 0 Å². The predicted molar refractivity (Wildman–Crippen MR) is 46.1 cm³/mol. The van der Waals surface area contributed by atoms with Crippen LogP contribution in [0.5, 0.6) is 0 Å². The smallest absolute Gasteiger partial charge is 0.397 e. The fourth-order valence-corrected chi connectivity index (χ4v) is 0.770. The first kappa shape index (κ1) is 20.9. The molecule has 1 radical (unpaired) electrons. The summed E-state index contributed by atoms with van der Waals surface area (Å²) in [5, 5.41) is 0. The summed E-state index contributed by atoms with van der Waals surface area (Å²) in [5.74, 6) is -15.4. The van der Waals surface area contributed by atoms with Crippen LogP contribution < -0.4 is 5.73 Å². The first-order valence-electron chi connectivity index (χ1n) is 4.65. The van der Waals surface area contributed by atoms with Crippen molar-refractivity contribution < 1.29 is 63.0 Å². The number of carbonyl (C=O) groups is 1. The van der Waals surface area contributed by atoms with Crippen molar-refractivity contribution in [2.24, 2.45) is 5.73 Å². The molecule has 1 amide bonds. The maximum absolute atomic E-state index is 13.5. The number of amides is 1. The molecule has 0 bridgehead atoms. The van der Waals surface area contributed by atoms with E-state index in [-0.39, 0.29) is 0 Å². The molecule has 0 aromatic heterocycles. The molecule has 1 unspecified atom stereocenters. The molecule has 0 fully saturated rings. The summed E-state index contributed by atoms with van der Waals surface area (Å²) in [6.45, 7) is 0. The molecule has 0 saturated heterocycles. The van der Waals surface area contributed by atoms with Gasteiger partial charge in [-0.15, -0.1) is 0 Å². The molecule has 0 heterocycles. The highest BCUT2D eigenvalue weighted by atomic mass is 19.3. The lowest BCUT2D eigenvalue weighted by Crippen LogP contribution is -2.62. The van der Waals surface area contributed by atoms with Crippen LogP contribution in [0.3, 0.4) is 0 Å². The normalized spacial score (nSPS) is 15.6. The molecule has 0 saturated carbocycles. The zero-order valence-corrected chi connectivity index (χ0v) is 9.99. The van der Waals surface area contributed by atoms with Gasteiger partial charge in [0.1, 0.15) is 0 Å². The van der Waals surface area contributed by atoms with Crippen LogP contribution in [0.4, 0.5) is 43.9 Å². The van der Waals surface area contributed by atoms with Crippen LogP contribution >= 0.6 is 0 Å². The molecular formula is C8H2F10NO4. The van der Waals surface area contributed by atoms with E-state index < -0.39 is 48.3 Å². The molecule has 0 aliphatic carbocycles. The minimum absolute atomic E-state index is 0.713. The highest BCUT2D eigenvalue weighted by Gasteiger charge is 2.73. The van der Waals surface area contributed by atoms with E-state index in [0.717, 1.165) is 0 Å². The Hall–Kier alpha value is -2.06. The van der Waals surface area contributed by atoms with Crippen molar-refractivity contribution >= 4 is 12.2 Å². The van der Waals surface area contributed by atoms with Gasteiger partial charge in [-0.1, -0.05) is 0 Å². The second kappa shape index (κ2) is 6.21. The van der Waals surface area contributed by atoms with E-state index in [4.69, 9.17) is 0 Å². The first-order valence-corrected chi connectivity index (χ1v) is 4.65. The maximum Gasteiger partial charge on any atom is 0.471 e. The lowest BCUT2D eigenvalue weighted by atomic mass is 10.2. The number of hydrogen-bond acceptors (Lipinski definition) is 4. The minimum Gasteiger partial charge on any atom is -0.397 e. The van der Waals surface area contributed by atoms with Gasteiger partial charge in [-0.05, 0) is 0 Å². The first-order chi connectivity index (χ1) is 10.0. The van der Waals surface area contributed by atoms with Crippen LogP contribution in [0.15, 0.2) is 12.1 Å². The van der Waals surface area contributed by atoms with E-state index in [1.807, 2.05) is 0 Å². The Labute approximate surface area is 118 Å². The molecular weight excluding hydrogens is 364 g/mol. The number of primary amides is 1. The monoisotopic (exact) mass is 366 g/mol. The summed E-state index contributed by atoms with van der Waals surface area (Å²) in [6, 6.07) is -3.56. The van der Waals surface area contributed by atoms with Gasteiger partial charge < -0.3 is 10.5 Å². The van der Waals surface area contributed by atoms with Crippen molar-refractivity contribution in [1.82, 2.24) is 0 Å². The standard InChI is InChI=1S/C8H2F10NO4/c9-2(10)3(11)22-8(17,18)6(14,4(19)21)23-7(15,16)5(12,13)1-20/h(H2,19,21). The van der Waals surface area contributed by atoms with Crippen molar-refractivity contribution in [3.05, 3.63) is 12.1 Å². The molecule has 23 heavy (non-hydrogen) atoms. The molecule has 5 nitrogen and oxygen atoms in total. The van der Waals surface area contributed by atoms with E-state index in [0.29, 0.717) is 0 Å². The minimum atomic E-state index is -6.47. The molecule has 0 aliphatic rings. The number of ether oxygens (including phenoxy) is 2. The van der Waals surface area contributed by atoms with E-state index in [1.54, 1.807) is 0 Å². The summed E-state index contributed by atoms with van der Waals surface area (Å²) >= 11 is 0. The van der Waals surface area contributed by atoms with Crippen LogP contribution in [-0.4, -0.2) is 36.2 Å².